The van der Waals surface area contributed by atoms with Gasteiger partial charge >= 0.3 is 0 Å². The number of hydrogen-bond acceptors (Lipinski definition) is 5. The number of para-hydroxylation sites is 3. The molecule has 4 aromatic rings. The van der Waals surface area contributed by atoms with Crippen LogP contribution < -0.4 is 9.64 Å². The second-order valence-electron chi connectivity index (χ2n) is 8.90. The van der Waals surface area contributed by atoms with Gasteiger partial charge in [-0.2, -0.15) is 0 Å². The van der Waals surface area contributed by atoms with Crippen LogP contribution in [-0.2, 0) is 16.0 Å². The van der Waals surface area contributed by atoms with Gasteiger partial charge in [0.1, 0.15) is 23.4 Å². The molecule has 2 atom stereocenters. The third kappa shape index (κ3) is 3.19. The molecule has 1 fully saturated rings. The highest BCUT2D eigenvalue weighted by Crippen LogP contribution is 2.46. The number of aliphatic hydroxyl groups is 1. The van der Waals surface area contributed by atoms with Crippen LogP contribution >= 0.6 is 0 Å². The van der Waals surface area contributed by atoms with Gasteiger partial charge in [0.15, 0.2) is 0 Å². The molecule has 6 rings (SSSR count). The molecule has 0 saturated carbocycles. The van der Waals surface area contributed by atoms with Crippen molar-refractivity contribution < 1.29 is 24.5 Å². The second-order valence-corrected chi connectivity index (χ2v) is 8.90. The van der Waals surface area contributed by atoms with Crippen LogP contribution in [0.25, 0.3) is 16.7 Å². The maximum absolute atomic E-state index is 13.4. The fourth-order valence-electron chi connectivity index (χ4n) is 5.09. The summed E-state index contributed by atoms with van der Waals surface area (Å²) in [6, 6.07) is 18.2. The van der Waals surface area contributed by atoms with Gasteiger partial charge in [0, 0.05) is 34.6 Å². The molecule has 0 spiro atoms. The maximum Gasteiger partial charge on any atom is 0.300 e. The van der Waals surface area contributed by atoms with E-state index in [1.54, 1.807) is 42.6 Å². The molecule has 2 unspecified atom stereocenters. The van der Waals surface area contributed by atoms with Crippen LogP contribution in [0, 0.1) is 0 Å². The van der Waals surface area contributed by atoms with Gasteiger partial charge in [-0.05, 0) is 48.9 Å². The van der Waals surface area contributed by atoms with Crippen LogP contribution in [0.5, 0.6) is 11.5 Å². The highest BCUT2D eigenvalue weighted by Gasteiger charge is 2.48. The van der Waals surface area contributed by atoms with Crippen LogP contribution in [0.2, 0.25) is 0 Å². The number of rotatable bonds is 3. The van der Waals surface area contributed by atoms with Crippen molar-refractivity contribution in [2.75, 3.05) is 4.90 Å². The van der Waals surface area contributed by atoms with Gasteiger partial charge in [-0.25, -0.2) is 0 Å². The number of carbonyl (C=O) groups excluding carboxylic acids is 2. The van der Waals surface area contributed by atoms with E-state index in [9.17, 15) is 19.8 Å². The monoisotopic (exact) mass is 466 g/mol. The highest BCUT2D eigenvalue weighted by molar-refractivity contribution is 6.52. The second kappa shape index (κ2) is 7.77. The Morgan fingerprint density at radius 2 is 1.83 bits per heavy atom. The number of anilines is 1. The molecule has 1 amide bonds. The Kier molecular flexibility index (Phi) is 4.67. The van der Waals surface area contributed by atoms with Crippen molar-refractivity contribution >= 4 is 34.0 Å². The molecule has 2 aliphatic heterocycles. The smallest absolute Gasteiger partial charge is 0.300 e. The molecule has 7 nitrogen and oxygen atoms in total. The van der Waals surface area contributed by atoms with Crippen molar-refractivity contribution in [2.45, 2.75) is 25.5 Å². The third-order valence-corrected chi connectivity index (χ3v) is 6.67. The molecular formula is C28H22N2O5. The quantitative estimate of drug-likeness (QED) is 0.228. The van der Waals surface area contributed by atoms with E-state index in [2.05, 4.69) is 4.98 Å². The summed E-state index contributed by atoms with van der Waals surface area (Å²) in [4.78, 5) is 31.2. The standard InChI is InChI=1S/C28H22N2O5/c1-15-12-17-13-16(10-11-23(17)35-15)26(32)24-25(19-14-29-20-7-3-2-6-18(19)20)30(28(34)27(24)33)21-8-4-5-9-22(21)31/h2-11,13-15,25,29,31-32H,12H2,1H3/b26-24+. The Bertz CT molecular complexity index is 1550. The molecule has 7 heteroatoms. The number of Topliss-reactive ketones (excluding diaryl/α,β-unsaturated/α-hetero) is 1. The number of phenolic OH excluding ortho intramolecular Hbond substituents is 1. The fourth-order valence-corrected chi connectivity index (χ4v) is 5.09. The minimum absolute atomic E-state index is 0.0280. The Morgan fingerprint density at radius 3 is 2.66 bits per heavy atom. The van der Waals surface area contributed by atoms with Crippen LogP contribution in [0.4, 0.5) is 5.69 Å². The number of ketones is 1. The number of benzene rings is 3. The number of fused-ring (bicyclic) bond motifs is 2. The zero-order valence-corrected chi connectivity index (χ0v) is 18.9. The Hall–Kier alpha value is -4.52. The van der Waals surface area contributed by atoms with Crippen molar-refractivity contribution in [3.05, 3.63) is 95.2 Å². The zero-order chi connectivity index (χ0) is 24.3. The van der Waals surface area contributed by atoms with E-state index in [0.717, 1.165) is 22.2 Å². The molecule has 1 aromatic heterocycles. The van der Waals surface area contributed by atoms with Gasteiger partial charge in [-0.1, -0.05) is 30.3 Å². The van der Waals surface area contributed by atoms with Crippen LogP contribution in [0.1, 0.15) is 29.7 Å². The normalized spacial score (nSPS) is 20.9. The molecule has 0 aliphatic carbocycles. The number of nitrogens with zero attached hydrogens (tertiary/aromatic N) is 1. The number of ether oxygens (including phenoxy) is 1. The summed E-state index contributed by atoms with van der Waals surface area (Å²) in [6.07, 6.45) is 2.45. The molecule has 3 N–H and O–H groups in total. The molecular weight excluding hydrogens is 444 g/mol. The fraction of sp³-hybridized carbons (Fsp3) is 0.143. The number of carbonyl (C=O) groups is 2. The topological polar surface area (TPSA) is 103 Å². The van der Waals surface area contributed by atoms with Crippen LogP contribution in [0.15, 0.2) is 78.5 Å². The summed E-state index contributed by atoms with van der Waals surface area (Å²) in [5.74, 6) is -1.29. The predicted octanol–water partition coefficient (Wildman–Crippen LogP) is 4.82. The van der Waals surface area contributed by atoms with Crippen molar-refractivity contribution in [1.82, 2.24) is 4.98 Å². The minimum atomic E-state index is -0.942. The van der Waals surface area contributed by atoms with Gasteiger partial charge in [-0.3, -0.25) is 14.5 Å². The molecule has 1 saturated heterocycles. The van der Waals surface area contributed by atoms with Crippen molar-refractivity contribution in [1.29, 1.82) is 0 Å². The summed E-state index contributed by atoms with van der Waals surface area (Å²) in [6.45, 7) is 1.97. The van der Waals surface area contributed by atoms with Gasteiger partial charge in [0.05, 0.1) is 17.3 Å². The number of aliphatic hydroxyl groups excluding tert-OH is 1. The first-order valence-corrected chi connectivity index (χ1v) is 11.4. The minimum Gasteiger partial charge on any atom is -0.507 e. The van der Waals surface area contributed by atoms with Gasteiger partial charge in [0.25, 0.3) is 11.7 Å². The summed E-state index contributed by atoms with van der Waals surface area (Å²) in [7, 11) is 0. The van der Waals surface area contributed by atoms with Crippen LogP contribution in [-0.4, -0.2) is 33.0 Å². The lowest BCUT2D eigenvalue weighted by atomic mass is 9.94. The van der Waals surface area contributed by atoms with Crippen molar-refractivity contribution in [2.24, 2.45) is 0 Å². The number of H-pyrrole nitrogens is 1. The summed E-state index contributed by atoms with van der Waals surface area (Å²) in [5, 5.41) is 22.8. The first-order chi connectivity index (χ1) is 16.9. The lowest BCUT2D eigenvalue weighted by Crippen LogP contribution is -2.29. The SMILES string of the molecule is CC1Cc2cc(/C(O)=C3\C(=O)C(=O)N(c4ccccc4O)C3c3c[nH]c4ccccc34)ccc2O1. The van der Waals surface area contributed by atoms with E-state index >= 15 is 0 Å². The van der Waals surface area contributed by atoms with Crippen LogP contribution in [0.3, 0.4) is 0 Å². The lowest BCUT2D eigenvalue weighted by molar-refractivity contribution is -0.132. The van der Waals surface area contributed by atoms with E-state index in [-0.39, 0.29) is 28.9 Å². The molecule has 174 valence electrons. The molecule has 2 aliphatic rings. The van der Waals surface area contributed by atoms with Crippen molar-refractivity contribution in [3.63, 3.8) is 0 Å². The molecule has 0 bridgehead atoms. The first kappa shape index (κ1) is 21.0. The number of aromatic hydroxyl groups is 1. The van der Waals surface area contributed by atoms with E-state index in [1.165, 1.54) is 11.0 Å². The Morgan fingerprint density at radius 1 is 1.06 bits per heavy atom. The summed E-state index contributed by atoms with van der Waals surface area (Å²) >= 11 is 0. The molecule has 0 radical (unpaired) electrons. The van der Waals surface area contributed by atoms with E-state index in [0.29, 0.717) is 17.5 Å². The first-order valence-electron chi connectivity index (χ1n) is 11.4. The molecule has 3 aromatic carbocycles. The maximum atomic E-state index is 13.4. The largest absolute Gasteiger partial charge is 0.507 e. The summed E-state index contributed by atoms with van der Waals surface area (Å²) in [5.41, 5.74) is 2.99. The molecule has 3 heterocycles. The lowest BCUT2D eigenvalue weighted by Gasteiger charge is -2.25. The van der Waals surface area contributed by atoms with E-state index in [4.69, 9.17) is 4.74 Å². The van der Waals surface area contributed by atoms with E-state index in [1.807, 2.05) is 31.2 Å². The van der Waals surface area contributed by atoms with Gasteiger partial charge in [0.2, 0.25) is 0 Å². The van der Waals surface area contributed by atoms with E-state index < -0.39 is 17.7 Å². The average Bonchev–Trinajstić information content (AvgIpc) is 3.52. The van der Waals surface area contributed by atoms with Gasteiger partial charge in [-0.15, -0.1) is 0 Å². The van der Waals surface area contributed by atoms with Crippen molar-refractivity contribution in [3.8, 4) is 11.5 Å². The number of hydrogen-bond donors (Lipinski definition) is 3. The third-order valence-electron chi connectivity index (χ3n) is 6.67. The zero-order valence-electron chi connectivity index (χ0n) is 18.9. The Labute approximate surface area is 200 Å². The number of aromatic amines is 1. The predicted molar refractivity (Wildman–Crippen MR) is 131 cm³/mol. The number of aromatic nitrogens is 1. The highest BCUT2D eigenvalue weighted by atomic mass is 16.5. The van der Waals surface area contributed by atoms with Gasteiger partial charge < -0.3 is 19.9 Å². The summed E-state index contributed by atoms with van der Waals surface area (Å²) < 4.78 is 5.76. The average molecular weight is 466 g/mol. The number of phenols is 1. The number of nitrogens with one attached hydrogen (secondary N) is 1. The Balaban J connectivity index is 1.59. The number of amides is 1. The molecule has 35 heavy (non-hydrogen) atoms.